The predicted molar refractivity (Wildman–Crippen MR) is 221 cm³/mol. The van der Waals surface area contributed by atoms with Crippen molar-refractivity contribution in [3.63, 3.8) is 0 Å². The van der Waals surface area contributed by atoms with E-state index in [1.807, 2.05) is 0 Å². The van der Waals surface area contributed by atoms with E-state index >= 15 is 8.78 Å². The Bertz CT molecular complexity index is 2020. The lowest BCUT2D eigenvalue weighted by atomic mass is 9.44. The van der Waals surface area contributed by atoms with Crippen LogP contribution in [0.3, 0.4) is 0 Å². The molecular weight excluding hydrogens is 903 g/mol. The summed E-state index contributed by atoms with van der Waals surface area (Å²) >= 11 is 3.40. The molecule has 5 aliphatic carbocycles. The van der Waals surface area contributed by atoms with Gasteiger partial charge in [-0.3, -0.25) is 28.8 Å². The summed E-state index contributed by atoms with van der Waals surface area (Å²) in [7, 11) is 0. The molecule has 1 saturated heterocycles. The number of carbonyl (C=O) groups excluding carboxylic acids is 5. The minimum atomic E-state index is -2.37. The van der Waals surface area contributed by atoms with Gasteiger partial charge in [0.15, 0.2) is 23.3 Å². The Hall–Kier alpha value is -3.78. The summed E-state index contributed by atoms with van der Waals surface area (Å²) in [4.78, 5) is 74.5. The fourth-order valence-electron chi connectivity index (χ4n) is 11.1. The highest BCUT2D eigenvalue weighted by Gasteiger charge is 2.80. The molecule has 5 fully saturated rings. The van der Waals surface area contributed by atoms with Gasteiger partial charge in [-0.05, 0) is 94.1 Å². The fraction of sp³-hybridized carbons (Fsp3) is 0.628. The molecule has 1 aliphatic heterocycles. The highest BCUT2D eigenvalue weighted by molar-refractivity contribution is 9.09. The van der Waals surface area contributed by atoms with Gasteiger partial charge in [0.1, 0.15) is 24.0 Å². The van der Waals surface area contributed by atoms with Gasteiger partial charge in [0.25, 0.3) is 0 Å². The van der Waals surface area contributed by atoms with Crippen LogP contribution in [0.4, 0.5) is 13.2 Å². The molecule has 1 aromatic carbocycles. The van der Waals surface area contributed by atoms with E-state index in [1.165, 1.54) is 19.1 Å². The molecule has 0 unspecified atom stereocenters. The molecule has 3 amide bonds. The van der Waals surface area contributed by atoms with Crippen LogP contribution in [0.15, 0.2) is 48.1 Å². The first-order valence-electron chi connectivity index (χ1n) is 20.8. The summed E-state index contributed by atoms with van der Waals surface area (Å²) in [6.07, 6.45) is -0.654. The lowest BCUT2D eigenvalue weighted by molar-refractivity contribution is -0.232. The quantitative estimate of drug-likeness (QED) is 0.162. The highest BCUT2D eigenvalue weighted by atomic mass is 79.9. The van der Waals surface area contributed by atoms with E-state index in [2.05, 4.69) is 31.9 Å². The summed E-state index contributed by atoms with van der Waals surface area (Å²) in [6.45, 7) is 2.84. The van der Waals surface area contributed by atoms with Crippen molar-refractivity contribution in [1.29, 1.82) is 0 Å². The van der Waals surface area contributed by atoms with Gasteiger partial charge >= 0.3 is 5.97 Å². The number of amides is 3. The van der Waals surface area contributed by atoms with Gasteiger partial charge in [-0.1, -0.05) is 52.8 Å². The number of aliphatic hydroxyl groups excluding tert-OH is 1. The standard InChI is InChI=1S/C43H51BrF3N3O11S/c1-40-14-13-24(51)15-29(40)30(46)16-28-27-17-33-43(39(58)62-21-45,41(27,2)18-32(52)42(28,40)47)61-38(60-33)22-3-7-25(8-4-22)59-26-9-5-23(6-10-26)49-37(57)31(11-12-36(55)56)50-35(54)20-48-34(53)19-44/h3-4,7-8,13-15,23,26-28,30-33,38,52H,5-6,9-12,16-21H2,1-2H3,(H,48,53)(H,49,57)(H,50,54)(H,55,56)/t23?,26?,27-,28-,30-,31-,32-,33+,38+,40-,41-,42-,43-/m0/s1. The average Bonchev–Trinajstić information content (AvgIpc) is 3.74. The van der Waals surface area contributed by atoms with E-state index in [9.17, 15) is 38.3 Å². The second kappa shape index (κ2) is 18.0. The third-order valence-corrected chi connectivity index (χ3v) is 15.4. The molecular formula is C43H51BrF3N3O11S. The number of ketones is 1. The van der Waals surface area contributed by atoms with E-state index in [-0.39, 0.29) is 61.7 Å². The summed E-state index contributed by atoms with van der Waals surface area (Å²) in [5, 5.41) is 28.1. The first kappa shape index (κ1) is 46.2. The number of nitrogens with one attached hydrogen (secondary N) is 3. The van der Waals surface area contributed by atoms with E-state index < -0.39 is 105 Å². The molecule has 1 heterocycles. The first-order valence-corrected chi connectivity index (χ1v) is 22.9. The van der Waals surface area contributed by atoms with Crippen molar-refractivity contribution in [2.75, 3.05) is 17.9 Å². The highest BCUT2D eigenvalue weighted by Crippen LogP contribution is 2.73. The van der Waals surface area contributed by atoms with Gasteiger partial charge in [-0.25, -0.2) is 13.2 Å². The van der Waals surface area contributed by atoms with Crippen molar-refractivity contribution in [1.82, 2.24) is 16.0 Å². The number of ether oxygens (including phenoxy) is 3. The maximum absolute atomic E-state index is 17.8. The molecule has 6 aliphatic rings. The van der Waals surface area contributed by atoms with E-state index in [0.29, 0.717) is 48.8 Å². The van der Waals surface area contributed by atoms with Crippen molar-refractivity contribution >= 4 is 62.3 Å². The molecule has 5 N–H and O–H groups in total. The number of hydrogen-bond acceptors (Lipinski definition) is 11. The maximum Gasteiger partial charge on any atom is 0.303 e. The van der Waals surface area contributed by atoms with Crippen LogP contribution >= 0.6 is 27.7 Å². The maximum atomic E-state index is 17.8. The van der Waals surface area contributed by atoms with Crippen molar-refractivity contribution in [3.05, 3.63) is 53.6 Å². The Labute approximate surface area is 369 Å². The minimum Gasteiger partial charge on any atom is -0.490 e. The Balaban J connectivity index is 0.986. The molecule has 7 rings (SSSR count). The lowest BCUT2D eigenvalue weighted by Gasteiger charge is -2.63. The van der Waals surface area contributed by atoms with Crippen molar-refractivity contribution in [2.45, 2.75) is 126 Å². The molecule has 0 radical (unpaired) electrons. The number of aliphatic carboxylic acids is 1. The zero-order chi connectivity index (χ0) is 44.8. The summed E-state index contributed by atoms with van der Waals surface area (Å²) in [6, 6.07) is 4.45. The van der Waals surface area contributed by atoms with E-state index in [1.54, 1.807) is 31.2 Å². The monoisotopic (exact) mass is 953 g/mol. The van der Waals surface area contributed by atoms with Crippen LogP contribution in [0.2, 0.25) is 0 Å². The molecule has 0 spiro atoms. The Kier molecular flexibility index (Phi) is 13.4. The largest absolute Gasteiger partial charge is 0.490 e. The molecule has 4 saturated carbocycles. The van der Waals surface area contributed by atoms with Gasteiger partial charge < -0.3 is 40.4 Å². The number of thioether (sulfide) groups is 1. The zero-order valence-electron chi connectivity index (χ0n) is 34.2. The Morgan fingerprint density at radius 2 is 1.76 bits per heavy atom. The number of alkyl halides is 4. The lowest BCUT2D eigenvalue weighted by Crippen LogP contribution is -2.70. The van der Waals surface area contributed by atoms with Gasteiger partial charge in [-0.2, -0.15) is 0 Å². The third-order valence-electron chi connectivity index (χ3n) is 14.2. The van der Waals surface area contributed by atoms with Crippen LogP contribution in [-0.4, -0.2) is 111 Å². The normalized spacial score (nSPS) is 37.4. The molecule has 0 bridgehead atoms. The molecule has 338 valence electrons. The average molecular weight is 955 g/mol. The number of hydrogen-bond donors (Lipinski definition) is 5. The number of fused-ring (bicyclic) bond motifs is 7. The Morgan fingerprint density at radius 3 is 2.42 bits per heavy atom. The number of benzene rings is 1. The number of halogens is 4. The van der Waals surface area contributed by atoms with E-state index in [4.69, 9.17) is 19.3 Å². The van der Waals surface area contributed by atoms with Crippen LogP contribution in [-0.2, 0) is 38.2 Å². The number of rotatable bonds is 14. The Morgan fingerprint density at radius 1 is 1.05 bits per heavy atom. The summed E-state index contributed by atoms with van der Waals surface area (Å²) < 4.78 is 67.0. The molecule has 14 nitrogen and oxygen atoms in total. The number of allylic oxidation sites excluding steroid dienone is 4. The number of carbonyl (C=O) groups is 6. The molecule has 0 aromatic heterocycles. The van der Waals surface area contributed by atoms with Gasteiger partial charge in [0.05, 0.1) is 30.2 Å². The predicted octanol–water partition coefficient (Wildman–Crippen LogP) is 4.62. The smallest absolute Gasteiger partial charge is 0.303 e. The topological polar surface area (TPSA) is 207 Å². The first-order chi connectivity index (χ1) is 29.4. The van der Waals surface area contributed by atoms with Crippen LogP contribution in [0.25, 0.3) is 0 Å². The van der Waals surface area contributed by atoms with Crippen LogP contribution < -0.4 is 20.7 Å². The molecule has 62 heavy (non-hydrogen) atoms. The number of aliphatic hydroxyl groups is 1. The molecule has 1 aromatic rings. The fourth-order valence-corrected chi connectivity index (χ4v) is 12.1. The van der Waals surface area contributed by atoms with Crippen molar-refractivity contribution in [2.24, 2.45) is 22.7 Å². The second-order valence-electron chi connectivity index (χ2n) is 17.6. The van der Waals surface area contributed by atoms with Gasteiger partial charge in [0.2, 0.25) is 22.8 Å². The van der Waals surface area contributed by atoms with Crippen LogP contribution in [0.1, 0.15) is 83.5 Å². The molecule has 19 heteroatoms. The van der Waals surface area contributed by atoms with Crippen LogP contribution in [0.5, 0.6) is 5.75 Å². The van der Waals surface area contributed by atoms with E-state index in [0.717, 1.165) is 6.08 Å². The third kappa shape index (κ3) is 8.13. The van der Waals surface area contributed by atoms with Crippen molar-refractivity contribution < 1.29 is 66.4 Å². The second-order valence-corrected chi connectivity index (χ2v) is 19.0. The van der Waals surface area contributed by atoms with Crippen molar-refractivity contribution in [3.8, 4) is 5.75 Å². The summed E-state index contributed by atoms with van der Waals surface area (Å²) in [5.74, 6) is -4.41. The van der Waals surface area contributed by atoms with Gasteiger partial charge in [-0.15, -0.1) is 0 Å². The molecule has 11 atom stereocenters. The van der Waals surface area contributed by atoms with Gasteiger partial charge in [0, 0.05) is 34.8 Å². The SMILES string of the molecule is C[C@]12C=CC(=O)C=C1[C@@H](F)C[C@H]1[C@@H]3C[C@H]4O[C@@H](c5ccc(OC6CCC(NC(=O)[C@H](CCC(=O)O)NC(=O)CNC(=O)CBr)CC6)cc5)O[C@@]4(C(=O)SCF)[C@@]3(C)C[C@H](O)[C@@]12F. The van der Waals surface area contributed by atoms with Crippen LogP contribution in [0, 0.1) is 22.7 Å². The number of carboxylic acid groups (broad SMARTS) is 1. The number of carboxylic acids is 1. The zero-order valence-corrected chi connectivity index (χ0v) is 36.6. The minimum absolute atomic E-state index is 0.00735. The summed E-state index contributed by atoms with van der Waals surface area (Å²) in [5.41, 5.74) is -6.54.